The lowest BCUT2D eigenvalue weighted by atomic mass is 10.2. The largest absolute Gasteiger partial charge is 0.420 e. The van der Waals surface area contributed by atoms with Crippen LogP contribution in [-0.2, 0) is 6.18 Å². The molecule has 0 radical (unpaired) electrons. The topological polar surface area (TPSA) is 87.2 Å². The zero-order valence-electron chi connectivity index (χ0n) is 7.92. The summed E-state index contributed by atoms with van der Waals surface area (Å²) in [7, 11) is 0. The first-order chi connectivity index (χ1) is 7.45. The van der Waals surface area contributed by atoms with Crippen molar-refractivity contribution in [3.05, 3.63) is 17.8 Å². The van der Waals surface area contributed by atoms with Gasteiger partial charge in [0.1, 0.15) is 5.56 Å². The lowest BCUT2D eigenvalue weighted by Gasteiger charge is -2.11. The molecule has 4 N–H and O–H groups in total. The van der Waals surface area contributed by atoms with Gasteiger partial charge < -0.3 is 11.1 Å². The number of pyridine rings is 1. The van der Waals surface area contributed by atoms with Gasteiger partial charge in [0.05, 0.1) is 18.1 Å². The summed E-state index contributed by atoms with van der Waals surface area (Å²) in [6.45, 7) is 0. The molecule has 8 heteroatoms. The Balaban J connectivity index is 3.08. The lowest BCUT2D eigenvalue weighted by molar-refractivity contribution is -0.137. The number of hydrogen-bond acceptors (Lipinski definition) is 5. The number of alkyl halides is 3. The van der Waals surface area contributed by atoms with Crippen molar-refractivity contribution >= 4 is 23.9 Å². The summed E-state index contributed by atoms with van der Waals surface area (Å²) in [5.41, 5.74) is 6.20. The summed E-state index contributed by atoms with van der Waals surface area (Å²) in [6, 6.07) is 0.759. The fourth-order valence-corrected chi connectivity index (χ4v) is 0.922. The van der Waals surface area contributed by atoms with Crippen LogP contribution in [0.1, 0.15) is 5.56 Å². The maximum atomic E-state index is 12.5. The van der Waals surface area contributed by atoms with Crippen LogP contribution in [0.15, 0.2) is 17.4 Å². The first-order valence-electron chi connectivity index (χ1n) is 4.06. The van der Waals surface area contributed by atoms with Crippen molar-refractivity contribution in [3.8, 4) is 0 Å². The van der Waals surface area contributed by atoms with E-state index in [1.807, 2.05) is 0 Å². The average molecular weight is 231 g/mol. The highest BCUT2D eigenvalue weighted by Gasteiger charge is 2.34. The molecule has 0 bridgehead atoms. The van der Waals surface area contributed by atoms with Crippen molar-refractivity contribution in [2.75, 3.05) is 11.2 Å². The Bertz CT molecular complexity index is 413. The minimum Gasteiger partial charge on any atom is -0.397 e. The normalized spacial score (nSPS) is 11.7. The van der Waals surface area contributed by atoms with Crippen LogP contribution in [0, 0.1) is 5.41 Å². The molecule has 16 heavy (non-hydrogen) atoms. The number of nitrogens with two attached hydrogens (primary N) is 1. The molecule has 1 heterocycles. The third-order valence-corrected chi connectivity index (χ3v) is 1.53. The van der Waals surface area contributed by atoms with Gasteiger partial charge in [0, 0.05) is 6.21 Å². The van der Waals surface area contributed by atoms with Crippen molar-refractivity contribution in [3.63, 3.8) is 0 Å². The molecular formula is C8H8F3N5. The molecule has 0 aliphatic heterocycles. The second-order valence-corrected chi connectivity index (χ2v) is 2.72. The number of halogens is 3. The number of hydrazone groups is 1. The predicted octanol–water partition coefficient (Wildman–Crippen LogP) is 1.73. The second kappa shape index (κ2) is 4.60. The van der Waals surface area contributed by atoms with Gasteiger partial charge in [-0.2, -0.15) is 18.3 Å². The molecule has 0 aliphatic carbocycles. The summed E-state index contributed by atoms with van der Waals surface area (Å²) in [4.78, 5) is 3.47. The molecule has 86 valence electrons. The van der Waals surface area contributed by atoms with E-state index in [9.17, 15) is 13.2 Å². The van der Waals surface area contributed by atoms with Gasteiger partial charge in [-0.1, -0.05) is 0 Å². The van der Waals surface area contributed by atoms with Crippen LogP contribution >= 0.6 is 0 Å². The summed E-state index contributed by atoms with van der Waals surface area (Å²) in [5.74, 6) is -0.459. The summed E-state index contributed by atoms with van der Waals surface area (Å²) < 4.78 is 37.5. The number of nitrogen functional groups attached to an aromatic ring is 1. The minimum absolute atomic E-state index is 0.0890. The van der Waals surface area contributed by atoms with Crippen LogP contribution in [0.5, 0.6) is 0 Å². The zero-order valence-corrected chi connectivity index (χ0v) is 7.92. The molecule has 0 spiro atoms. The van der Waals surface area contributed by atoms with Crippen LogP contribution in [0.4, 0.5) is 24.7 Å². The first-order valence-corrected chi connectivity index (χ1v) is 4.06. The van der Waals surface area contributed by atoms with Crippen molar-refractivity contribution in [2.45, 2.75) is 6.18 Å². The Morgan fingerprint density at radius 3 is 2.75 bits per heavy atom. The van der Waals surface area contributed by atoms with E-state index in [1.165, 1.54) is 0 Å². The fourth-order valence-electron chi connectivity index (χ4n) is 0.922. The zero-order chi connectivity index (χ0) is 12.2. The van der Waals surface area contributed by atoms with Crippen molar-refractivity contribution in [1.82, 2.24) is 4.98 Å². The monoisotopic (exact) mass is 231 g/mol. The van der Waals surface area contributed by atoms with Gasteiger partial charge in [-0.05, 0) is 6.07 Å². The van der Waals surface area contributed by atoms with Gasteiger partial charge in [-0.25, -0.2) is 4.98 Å². The second-order valence-electron chi connectivity index (χ2n) is 2.72. The Kier molecular flexibility index (Phi) is 3.44. The number of rotatable bonds is 3. The van der Waals surface area contributed by atoms with E-state index >= 15 is 0 Å². The standard InChI is InChI=1S/C8H8F3N5/c9-8(10,11)6-3-5(13)4-14-7(6)16-15-2-1-12/h1-4,12H,13H2,(H,14,16)/b12-1?,15-2-. The maximum Gasteiger partial charge on any atom is 0.420 e. The Morgan fingerprint density at radius 2 is 2.19 bits per heavy atom. The van der Waals surface area contributed by atoms with Crippen LogP contribution in [0.2, 0.25) is 0 Å². The summed E-state index contributed by atoms with van der Waals surface area (Å²) in [5, 5.41) is 9.94. The minimum atomic E-state index is -4.56. The molecule has 0 aromatic carbocycles. The van der Waals surface area contributed by atoms with Gasteiger partial charge in [0.15, 0.2) is 5.82 Å². The van der Waals surface area contributed by atoms with Crippen LogP contribution in [0.25, 0.3) is 0 Å². The maximum absolute atomic E-state index is 12.5. The highest BCUT2D eigenvalue weighted by molar-refractivity contribution is 6.14. The van der Waals surface area contributed by atoms with E-state index in [-0.39, 0.29) is 5.69 Å². The third-order valence-electron chi connectivity index (χ3n) is 1.53. The van der Waals surface area contributed by atoms with Crippen molar-refractivity contribution in [1.29, 1.82) is 5.41 Å². The van der Waals surface area contributed by atoms with E-state index < -0.39 is 17.6 Å². The molecule has 1 aromatic heterocycles. The van der Waals surface area contributed by atoms with Crippen LogP contribution in [0.3, 0.4) is 0 Å². The molecule has 0 amide bonds. The molecular weight excluding hydrogens is 223 g/mol. The highest BCUT2D eigenvalue weighted by Crippen LogP contribution is 2.34. The third kappa shape index (κ3) is 2.94. The van der Waals surface area contributed by atoms with E-state index in [1.54, 1.807) is 0 Å². The number of nitrogens with zero attached hydrogens (tertiary/aromatic N) is 2. The molecule has 0 fully saturated rings. The Morgan fingerprint density at radius 1 is 1.50 bits per heavy atom. The number of nitrogens with one attached hydrogen (secondary N) is 2. The smallest absolute Gasteiger partial charge is 0.397 e. The predicted molar refractivity (Wildman–Crippen MR) is 54.5 cm³/mol. The first kappa shape index (κ1) is 12.0. The van der Waals surface area contributed by atoms with E-state index in [0.717, 1.165) is 24.7 Å². The van der Waals surface area contributed by atoms with E-state index in [2.05, 4.69) is 15.5 Å². The molecule has 0 saturated heterocycles. The molecule has 1 aromatic rings. The summed E-state index contributed by atoms with van der Waals surface area (Å²) >= 11 is 0. The molecule has 0 saturated carbocycles. The van der Waals surface area contributed by atoms with Crippen LogP contribution < -0.4 is 11.2 Å². The van der Waals surface area contributed by atoms with Gasteiger partial charge in [0.25, 0.3) is 0 Å². The average Bonchev–Trinajstić information content (AvgIpc) is 2.19. The van der Waals surface area contributed by atoms with Gasteiger partial charge in [0.2, 0.25) is 0 Å². The Labute approximate surface area is 88.7 Å². The van der Waals surface area contributed by atoms with E-state index in [0.29, 0.717) is 0 Å². The summed E-state index contributed by atoms with van der Waals surface area (Å²) in [6.07, 6.45) is -1.68. The Hall–Kier alpha value is -2.12. The number of aromatic nitrogens is 1. The number of anilines is 2. The van der Waals surface area contributed by atoms with Crippen molar-refractivity contribution < 1.29 is 13.2 Å². The highest BCUT2D eigenvalue weighted by atomic mass is 19.4. The van der Waals surface area contributed by atoms with Crippen molar-refractivity contribution in [2.24, 2.45) is 5.10 Å². The fraction of sp³-hybridized carbons (Fsp3) is 0.125. The van der Waals surface area contributed by atoms with Crippen LogP contribution in [-0.4, -0.2) is 17.4 Å². The molecule has 5 nitrogen and oxygen atoms in total. The quantitative estimate of drug-likeness (QED) is 0.546. The van der Waals surface area contributed by atoms with Gasteiger partial charge in [-0.15, -0.1) is 0 Å². The lowest BCUT2D eigenvalue weighted by Crippen LogP contribution is -2.11. The molecule has 0 unspecified atom stereocenters. The molecule has 1 rings (SSSR count). The molecule has 0 aliphatic rings. The SMILES string of the molecule is N=C/C=N\Nc1ncc(N)cc1C(F)(F)F. The number of hydrogen-bond donors (Lipinski definition) is 3. The van der Waals surface area contributed by atoms with E-state index in [4.69, 9.17) is 11.1 Å². The van der Waals surface area contributed by atoms with Gasteiger partial charge >= 0.3 is 6.18 Å². The molecule has 0 atom stereocenters. The van der Waals surface area contributed by atoms with Gasteiger partial charge in [-0.3, -0.25) is 5.43 Å².